The van der Waals surface area contributed by atoms with Crippen molar-refractivity contribution in [3.63, 3.8) is 0 Å². The van der Waals surface area contributed by atoms with Gasteiger partial charge in [0.05, 0.1) is 6.61 Å². The van der Waals surface area contributed by atoms with Crippen LogP contribution in [0, 0.1) is 0 Å². The molecule has 4 heteroatoms. The van der Waals surface area contributed by atoms with E-state index in [1.54, 1.807) is 0 Å². The van der Waals surface area contributed by atoms with E-state index in [1.807, 2.05) is 18.3 Å². The van der Waals surface area contributed by atoms with Gasteiger partial charge >= 0.3 is 0 Å². The topological polar surface area (TPSA) is 34.1 Å². The zero-order valence-corrected chi connectivity index (χ0v) is 17.8. The second kappa shape index (κ2) is 11.6. The van der Waals surface area contributed by atoms with Crippen molar-refractivity contribution in [3.05, 3.63) is 94.3 Å². The summed E-state index contributed by atoms with van der Waals surface area (Å²) >= 11 is 6.32. The molecule has 0 aliphatic heterocycles. The van der Waals surface area contributed by atoms with Crippen LogP contribution in [0.2, 0.25) is 5.15 Å². The Morgan fingerprint density at radius 1 is 0.897 bits per heavy atom. The molecule has 0 bridgehead atoms. The van der Waals surface area contributed by atoms with E-state index >= 15 is 0 Å². The monoisotopic (exact) mass is 408 g/mol. The number of hydrogen-bond donors (Lipinski definition) is 1. The van der Waals surface area contributed by atoms with E-state index in [9.17, 15) is 0 Å². The number of hydrogen-bond acceptors (Lipinski definition) is 3. The van der Waals surface area contributed by atoms with E-state index in [4.69, 9.17) is 16.3 Å². The van der Waals surface area contributed by atoms with Crippen LogP contribution in [0.5, 0.6) is 5.75 Å². The first-order valence-corrected chi connectivity index (χ1v) is 10.7. The first-order chi connectivity index (χ1) is 14.3. The van der Waals surface area contributed by atoms with Gasteiger partial charge in [-0.25, -0.2) is 4.98 Å². The Morgan fingerprint density at radius 2 is 1.62 bits per heavy atom. The number of para-hydroxylation sites is 1. The number of benzene rings is 2. The third-order valence-electron chi connectivity index (χ3n) is 4.80. The van der Waals surface area contributed by atoms with Crippen molar-refractivity contribution in [1.29, 1.82) is 0 Å². The Kier molecular flexibility index (Phi) is 8.54. The molecule has 0 fully saturated rings. The van der Waals surface area contributed by atoms with Gasteiger partial charge in [-0.3, -0.25) is 0 Å². The average Bonchev–Trinajstić information content (AvgIpc) is 2.75. The highest BCUT2D eigenvalue weighted by atomic mass is 35.5. The quantitative estimate of drug-likeness (QED) is 0.336. The Balaban J connectivity index is 1.48. The molecule has 2 aromatic carbocycles. The fourth-order valence-corrected chi connectivity index (χ4v) is 3.48. The largest absolute Gasteiger partial charge is 0.493 e. The van der Waals surface area contributed by atoms with E-state index in [-0.39, 0.29) is 0 Å². The fourth-order valence-electron chi connectivity index (χ4n) is 3.28. The summed E-state index contributed by atoms with van der Waals surface area (Å²) in [4.78, 5) is 4.38. The molecule has 3 rings (SSSR count). The van der Waals surface area contributed by atoms with Gasteiger partial charge in [0, 0.05) is 6.20 Å². The van der Waals surface area contributed by atoms with Crippen LogP contribution in [-0.4, -0.2) is 24.7 Å². The Bertz CT molecular complexity index is 883. The summed E-state index contributed by atoms with van der Waals surface area (Å²) in [6.07, 6.45) is 5.58. The van der Waals surface area contributed by atoms with E-state index in [2.05, 4.69) is 65.8 Å². The molecule has 0 aliphatic rings. The van der Waals surface area contributed by atoms with Crippen molar-refractivity contribution < 1.29 is 4.74 Å². The van der Waals surface area contributed by atoms with Crippen molar-refractivity contribution in [2.24, 2.45) is 0 Å². The molecule has 1 heterocycles. The molecule has 29 heavy (non-hydrogen) atoms. The molecule has 0 spiro atoms. The lowest BCUT2D eigenvalue weighted by molar-refractivity contribution is 0.314. The first-order valence-electron chi connectivity index (χ1n) is 10.3. The van der Waals surface area contributed by atoms with Crippen LogP contribution in [0.25, 0.3) is 0 Å². The van der Waals surface area contributed by atoms with Crippen molar-refractivity contribution in [2.75, 3.05) is 19.7 Å². The van der Waals surface area contributed by atoms with E-state index in [0.29, 0.717) is 5.15 Å². The number of nitrogens with zero attached hydrogens (tertiary/aromatic N) is 1. The average molecular weight is 409 g/mol. The molecule has 0 saturated carbocycles. The molecule has 0 unspecified atom stereocenters. The molecule has 0 aliphatic carbocycles. The second-order valence-corrected chi connectivity index (χ2v) is 7.52. The predicted octanol–water partition coefficient (Wildman–Crippen LogP) is 5.49. The number of aromatic nitrogens is 1. The van der Waals surface area contributed by atoms with Crippen LogP contribution in [-0.2, 0) is 19.3 Å². The van der Waals surface area contributed by atoms with Gasteiger partial charge in [0.1, 0.15) is 10.9 Å². The lowest BCUT2D eigenvalue weighted by Gasteiger charge is -2.12. The molecule has 152 valence electrons. The zero-order valence-electron chi connectivity index (χ0n) is 17.0. The summed E-state index contributed by atoms with van der Waals surface area (Å²) in [5.74, 6) is 0.997. The second-order valence-electron chi connectivity index (χ2n) is 7.16. The summed E-state index contributed by atoms with van der Waals surface area (Å²) in [5.41, 5.74) is 4.82. The fraction of sp³-hybridized carbons (Fsp3) is 0.320. The standard InChI is InChI=1S/C25H29ClN2O/c1-2-16-29-24-11-7-6-10-22(24)12-14-27-15-13-23-18-21(19-28-25(23)26)17-20-8-4-3-5-9-20/h3-11,18-19,27H,2,12-17H2,1H3. The third kappa shape index (κ3) is 6.88. The Labute approximate surface area is 179 Å². The lowest BCUT2D eigenvalue weighted by Crippen LogP contribution is -2.20. The predicted molar refractivity (Wildman–Crippen MR) is 121 cm³/mol. The number of ether oxygens (including phenoxy) is 1. The molecule has 0 saturated heterocycles. The van der Waals surface area contributed by atoms with Crippen molar-refractivity contribution >= 4 is 11.6 Å². The van der Waals surface area contributed by atoms with Crippen LogP contribution < -0.4 is 10.1 Å². The minimum atomic E-state index is 0.599. The van der Waals surface area contributed by atoms with Crippen LogP contribution in [0.15, 0.2) is 66.9 Å². The van der Waals surface area contributed by atoms with Crippen LogP contribution in [0.1, 0.15) is 35.6 Å². The van der Waals surface area contributed by atoms with Crippen molar-refractivity contribution in [2.45, 2.75) is 32.6 Å². The number of pyridine rings is 1. The SMILES string of the molecule is CCCOc1ccccc1CCNCCc1cc(Cc2ccccc2)cnc1Cl. The molecule has 1 aromatic heterocycles. The summed E-state index contributed by atoms with van der Waals surface area (Å²) in [5, 5.41) is 4.12. The van der Waals surface area contributed by atoms with Gasteiger partial charge in [0.2, 0.25) is 0 Å². The Hall–Kier alpha value is -2.36. The van der Waals surface area contributed by atoms with Gasteiger partial charge in [-0.1, -0.05) is 73.1 Å². The number of halogens is 1. The van der Waals surface area contributed by atoms with Crippen molar-refractivity contribution in [1.82, 2.24) is 10.3 Å². The highest BCUT2D eigenvalue weighted by Crippen LogP contribution is 2.19. The first kappa shape index (κ1) is 21.4. The molecule has 3 aromatic rings. The Morgan fingerprint density at radius 3 is 2.41 bits per heavy atom. The molecule has 0 amide bonds. The minimum Gasteiger partial charge on any atom is -0.493 e. The maximum Gasteiger partial charge on any atom is 0.132 e. The molecule has 1 N–H and O–H groups in total. The van der Waals surface area contributed by atoms with Crippen LogP contribution >= 0.6 is 11.6 Å². The molecule has 0 radical (unpaired) electrons. The van der Waals surface area contributed by atoms with E-state index < -0.39 is 0 Å². The normalized spacial score (nSPS) is 10.8. The van der Waals surface area contributed by atoms with E-state index in [0.717, 1.165) is 56.7 Å². The maximum atomic E-state index is 6.32. The summed E-state index contributed by atoms with van der Waals surface area (Å²) in [6, 6.07) is 20.9. The highest BCUT2D eigenvalue weighted by molar-refractivity contribution is 6.30. The molecule has 3 nitrogen and oxygen atoms in total. The van der Waals surface area contributed by atoms with E-state index in [1.165, 1.54) is 16.7 Å². The zero-order chi connectivity index (χ0) is 20.3. The number of nitrogens with one attached hydrogen (secondary N) is 1. The van der Waals surface area contributed by atoms with Gasteiger partial charge in [-0.15, -0.1) is 0 Å². The van der Waals surface area contributed by atoms with Gasteiger partial charge in [0.25, 0.3) is 0 Å². The molecular formula is C25H29ClN2O. The molecular weight excluding hydrogens is 380 g/mol. The van der Waals surface area contributed by atoms with Crippen LogP contribution in [0.3, 0.4) is 0 Å². The number of rotatable bonds is 11. The maximum absolute atomic E-state index is 6.32. The van der Waals surface area contributed by atoms with Crippen LogP contribution in [0.4, 0.5) is 0 Å². The van der Waals surface area contributed by atoms with Gasteiger partial charge < -0.3 is 10.1 Å². The lowest BCUT2D eigenvalue weighted by atomic mass is 10.0. The van der Waals surface area contributed by atoms with Gasteiger partial charge in [-0.2, -0.15) is 0 Å². The molecule has 0 atom stereocenters. The smallest absolute Gasteiger partial charge is 0.132 e. The summed E-state index contributed by atoms with van der Waals surface area (Å²) in [7, 11) is 0. The summed E-state index contributed by atoms with van der Waals surface area (Å²) in [6.45, 7) is 4.66. The van der Waals surface area contributed by atoms with Gasteiger partial charge in [-0.05, 0) is 67.1 Å². The van der Waals surface area contributed by atoms with Crippen molar-refractivity contribution in [3.8, 4) is 5.75 Å². The third-order valence-corrected chi connectivity index (χ3v) is 5.14. The van der Waals surface area contributed by atoms with Gasteiger partial charge in [0.15, 0.2) is 0 Å². The minimum absolute atomic E-state index is 0.599. The summed E-state index contributed by atoms with van der Waals surface area (Å²) < 4.78 is 5.84. The highest BCUT2D eigenvalue weighted by Gasteiger charge is 2.06.